The van der Waals surface area contributed by atoms with Crippen molar-refractivity contribution in [3.8, 4) is 5.75 Å². The highest BCUT2D eigenvalue weighted by molar-refractivity contribution is 7.18. The van der Waals surface area contributed by atoms with Gasteiger partial charge in [-0.2, -0.15) is 0 Å². The van der Waals surface area contributed by atoms with Crippen LogP contribution in [0.3, 0.4) is 0 Å². The van der Waals surface area contributed by atoms with E-state index in [9.17, 15) is 9.90 Å². The van der Waals surface area contributed by atoms with Gasteiger partial charge in [-0.1, -0.05) is 6.07 Å². The van der Waals surface area contributed by atoms with Crippen LogP contribution in [0.15, 0.2) is 17.5 Å². The number of rotatable bonds is 1. The van der Waals surface area contributed by atoms with Crippen LogP contribution in [0.4, 0.5) is 0 Å². The van der Waals surface area contributed by atoms with Gasteiger partial charge in [0, 0.05) is 10.8 Å². The monoisotopic (exact) mass is 208 g/mol. The number of carbonyl (C=O) groups is 1. The molecule has 4 heteroatoms. The third kappa shape index (κ3) is 1.15. The number of aromatic hydroxyl groups is 1. The molecule has 0 fully saturated rings. The van der Waals surface area contributed by atoms with Crippen LogP contribution < -0.4 is 0 Å². The maximum atomic E-state index is 10.9. The Kier molecular flexibility index (Phi) is 1.93. The molecule has 0 bridgehead atoms. The first-order chi connectivity index (χ1) is 6.61. The summed E-state index contributed by atoms with van der Waals surface area (Å²) in [6.07, 6.45) is 0. The van der Waals surface area contributed by atoms with Crippen LogP contribution in [0.1, 0.15) is 15.9 Å². The minimum Gasteiger partial charge on any atom is -0.506 e. The molecule has 2 aromatic rings. The van der Waals surface area contributed by atoms with Crippen molar-refractivity contribution in [2.75, 3.05) is 0 Å². The summed E-state index contributed by atoms with van der Waals surface area (Å²) in [6.45, 7) is 1.85. The van der Waals surface area contributed by atoms with E-state index in [0.717, 1.165) is 5.56 Å². The van der Waals surface area contributed by atoms with Crippen molar-refractivity contribution in [1.82, 2.24) is 0 Å². The summed E-state index contributed by atoms with van der Waals surface area (Å²) in [7, 11) is 0. The highest BCUT2D eigenvalue weighted by Crippen LogP contribution is 2.35. The van der Waals surface area contributed by atoms with Crippen LogP contribution in [-0.4, -0.2) is 16.2 Å². The van der Waals surface area contributed by atoms with Crippen molar-refractivity contribution in [2.24, 2.45) is 0 Å². The number of hydrogen-bond donors (Lipinski definition) is 2. The fraction of sp³-hybridized carbons (Fsp3) is 0.100. The first-order valence-corrected chi connectivity index (χ1v) is 4.92. The van der Waals surface area contributed by atoms with Crippen LogP contribution in [-0.2, 0) is 0 Å². The highest BCUT2D eigenvalue weighted by Gasteiger charge is 2.13. The summed E-state index contributed by atoms with van der Waals surface area (Å²) in [4.78, 5) is 10.9. The maximum Gasteiger partial charge on any atom is 0.337 e. The Labute approximate surface area is 84.2 Å². The van der Waals surface area contributed by atoms with Gasteiger partial charge in [0.1, 0.15) is 5.75 Å². The Morgan fingerprint density at radius 2 is 2.14 bits per heavy atom. The molecule has 3 nitrogen and oxygen atoms in total. The van der Waals surface area contributed by atoms with Gasteiger partial charge in [-0.05, 0) is 18.6 Å². The second-order valence-electron chi connectivity index (χ2n) is 3.06. The van der Waals surface area contributed by atoms with Gasteiger partial charge < -0.3 is 10.2 Å². The van der Waals surface area contributed by atoms with Gasteiger partial charge in [0.05, 0.1) is 10.3 Å². The lowest BCUT2D eigenvalue weighted by atomic mass is 10.1. The van der Waals surface area contributed by atoms with Crippen molar-refractivity contribution in [2.45, 2.75) is 6.92 Å². The number of benzene rings is 1. The number of thiophene rings is 1. The molecule has 0 aliphatic heterocycles. The van der Waals surface area contributed by atoms with Crippen LogP contribution in [0.25, 0.3) is 10.1 Å². The normalized spacial score (nSPS) is 10.6. The fourth-order valence-electron chi connectivity index (χ4n) is 1.46. The lowest BCUT2D eigenvalue weighted by Crippen LogP contribution is -1.96. The minimum absolute atomic E-state index is 0.158. The van der Waals surface area contributed by atoms with Gasteiger partial charge >= 0.3 is 5.97 Å². The Balaban J connectivity index is 2.90. The average Bonchev–Trinajstić information content (AvgIpc) is 2.49. The number of hydrogen-bond acceptors (Lipinski definition) is 3. The van der Waals surface area contributed by atoms with Gasteiger partial charge in [-0.15, -0.1) is 11.3 Å². The molecule has 1 aromatic carbocycles. The topological polar surface area (TPSA) is 57.5 Å². The molecule has 0 aliphatic carbocycles. The minimum atomic E-state index is -0.961. The Morgan fingerprint density at radius 1 is 1.43 bits per heavy atom. The summed E-state index contributed by atoms with van der Waals surface area (Å²) in [5, 5.41) is 20.6. The summed E-state index contributed by atoms with van der Waals surface area (Å²) in [5.74, 6) is -0.803. The molecule has 2 N–H and O–H groups in total. The summed E-state index contributed by atoms with van der Waals surface area (Å²) < 4.78 is 0.634. The van der Waals surface area contributed by atoms with Crippen LogP contribution >= 0.6 is 11.3 Å². The largest absolute Gasteiger partial charge is 0.506 e. The van der Waals surface area contributed by atoms with E-state index >= 15 is 0 Å². The summed E-state index contributed by atoms with van der Waals surface area (Å²) in [5.41, 5.74) is 1.14. The van der Waals surface area contributed by atoms with Gasteiger partial charge in [0.15, 0.2) is 0 Å². The van der Waals surface area contributed by atoms with E-state index in [4.69, 9.17) is 5.11 Å². The third-order valence-electron chi connectivity index (χ3n) is 2.14. The van der Waals surface area contributed by atoms with Gasteiger partial charge in [0.25, 0.3) is 0 Å². The Morgan fingerprint density at radius 3 is 2.79 bits per heavy atom. The van der Waals surface area contributed by atoms with Gasteiger partial charge in [-0.25, -0.2) is 4.79 Å². The lowest BCUT2D eigenvalue weighted by Gasteiger charge is -2.00. The predicted molar refractivity (Wildman–Crippen MR) is 55.2 cm³/mol. The molecule has 2 rings (SSSR count). The number of aromatic carboxylic acids is 1. The van der Waals surface area contributed by atoms with Crippen molar-refractivity contribution >= 4 is 27.4 Å². The molecule has 0 saturated heterocycles. The van der Waals surface area contributed by atoms with Crippen molar-refractivity contribution in [1.29, 1.82) is 0 Å². The second kappa shape index (κ2) is 2.99. The number of carboxylic acids is 1. The first-order valence-electron chi connectivity index (χ1n) is 4.04. The molecule has 0 spiro atoms. The molecule has 72 valence electrons. The molecular weight excluding hydrogens is 200 g/mol. The average molecular weight is 208 g/mol. The first kappa shape index (κ1) is 9.02. The van der Waals surface area contributed by atoms with E-state index in [1.54, 1.807) is 17.5 Å². The number of carboxylic acid groups (broad SMARTS) is 1. The zero-order valence-electron chi connectivity index (χ0n) is 7.44. The van der Waals surface area contributed by atoms with Crippen LogP contribution in [0.5, 0.6) is 5.75 Å². The highest BCUT2D eigenvalue weighted by atomic mass is 32.1. The molecule has 0 saturated carbocycles. The summed E-state index contributed by atoms with van der Waals surface area (Å²) in [6, 6.07) is 3.27. The smallest absolute Gasteiger partial charge is 0.337 e. The van der Waals surface area contributed by atoms with Gasteiger partial charge in [0.2, 0.25) is 0 Å². The van der Waals surface area contributed by atoms with E-state index in [0.29, 0.717) is 10.1 Å². The molecule has 0 unspecified atom stereocenters. The molecular formula is C10H8O3S. The van der Waals surface area contributed by atoms with E-state index < -0.39 is 5.97 Å². The molecule has 14 heavy (non-hydrogen) atoms. The number of fused-ring (bicyclic) bond motifs is 1. The van der Waals surface area contributed by atoms with Crippen LogP contribution in [0.2, 0.25) is 0 Å². The van der Waals surface area contributed by atoms with E-state index in [1.165, 1.54) is 11.3 Å². The quantitative estimate of drug-likeness (QED) is 0.757. The van der Waals surface area contributed by atoms with E-state index in [2.05, 4.69) is 0 Å². The zero-order valence-corrected chi connectivity index (χ0v) is 8.26. The molecule has 1 aromatic heterocycles. The number of aryl methyl sites for hydroxylation is 1. The van der Waals surface area contributed by atoms with E-state index in [-0.39, 0.29) is 11.3 Å². The van der Waals surface area contributed by atoms with Crippen molar-refractivity contribution < 1.29 is 15.0 Å². The molecule has 0 aliphatic rings. The zero-order chi connectivity index (χ0) is 10.3. The van der Waals surface area contributed by atoms with E-state index in [1.807, 2.05) is 6.92 Å². The van der Waals surface area contributed by atoms with Crippen molar-refractivity contribution in [3.05, 3.63) is 28.6 Å². The Hall–Kier alpha value is -1.55. The molecule has 0 atom stereocenters. The van der Waals surface area contributed by atoms with Crippen molar-refractivity contribution in [3.63, 3.8) is 0 Å². The third-order valence-corrected chi connectivity index (χ3v) is 3.14. The Bertz CT molecular complexity index is 513. The molecule has 1 heterocycles. The van der Waals surface area contributed by atoms with Crippen LogP contribution in [0, 0.1) is 6.92 Å². The van der Waals surface area contributed by atoms with Gasteiger partial charge in [-0.3, -0.25) is 0 Å². The maximum absolute atomic E-state index is 10.9. The molecule has 0 amide bonds. The fourth-order valence-corrected chi connectivity index (χ4v) is 2.48. The lowest BCUT2D eigenvalue weighted by molar-refractivity contribution is 0.0699. The SMILES string of the molecule is Cc1ccc(C(=O)O)c2scc(O)c12. The predicted octanol–water partition coefficient (Wildman–Crippen LogP) is 2.61. The standard InChI is InChI=1S/C10H8O3S/c1-5-2-3-6(10(12)13)9-8(5)7(11)4-14-9/h2-4,11H,1H3,(H,12,13). The summed E-state index contributed by atoms with van der Waals surface area (Å²) >= 11 is 1.25. The molecule has 0 radical (unpaired) electrons. The second-order valence-corrected chi connectivity index (χ2v) is 3.94.